The number of hydrogen-bond donors (Lipinski definition) is 3. The Bertz CT molecular complexity index is 560. The van der Waals surface area contributed by atoms with Gasteiger partial charge in [0.2, 0.25) is 15.9 Å². The molecule has 0 aromatic heterocycles. The maximum atomic E-state index is 11.5. The van der Waals surface area contributed by atoms with Crippen LogP contribution in [0.2, 0.25) is 0 Å². The Morgan fingerprint density at radius 3 is 2.81 bits per heavy atom. The second kappa shape index (κ2) is 8.48. The van der Waals surface area contributed by atoms with E-state index in [1.807, 2.05) is 0 Å². The number of anilines is 1. The van der Waals surface area contributed by atoms with E-state index >= 15 is 0 Å². The van der Waals surface area contributed by atoms with Gasteiger partial charge in [0.15, 0.2) is 0 Å². The third-order valence-corrected chi connectivity index (χ3v) is 3.98. The maximum Gasteiger partial charge on any atom is 0.223 e. The zero-order chi connectivity index (χ0) is 15.7. The summed E-state index contributed by atoms with van der Waals surface area (Å²) in [5.41, 5.74) is 6.19. The molecule has 0 aliphatic rings. The Morgan fingerprint density at radius 2 is 2.14 bits per heavy atom. The Morgan fingerprint density at radius 1 is 1.38 bits per heavy atom. The van der Waals surface area contributed by atoms with Crippen molar-refractivity contribution in [1.82, 2.24) is 10.0 Å². The average molecular weight is 315 g/mol. The molecular weight excluding hydrogens is 294 g/mol. The van der Waals surface area contributed by atoms with Gasteiger partial charge in [0, 0.05) is 24.8 Å². The molecule has 0 aliphatic heterocycles. The molecule has 7 nitrogen and oxygen atoms in total. The molecule has 1 rings (SSSR count). The number of nitrogen functional groups attached to an aromatic ring is 1. The molecule has 0 saturated heterocycles. The van der Waals surface area contributed by atoms with Crippen molar-refractivity contribution in [2.75, 3.05) is 31.2 Å². The number of ether oxygens (including phenoxy) is 1. The smallest absolute Gasteiger partial charge is 0.223 e. The number of sulfonamides is 1. The molecule has 1 aromatic carbocycles. The quantitative estimate of drug-likeness (QED) is 0.560. The van der Waals surface area contributed by atoms with Crippen LogP contribution in [0.25, 0.3) is 0 Å². The van der Waals surface area contributed by atoms with Crippen LogP contribution in [-0.2, 0) is 14.8 Å². The minimum absolute atomic E-state index is 0.0758. The van der Waals surface area contributed by atoms with Crippen LogP contribution in [-0.4, -0.2) is 39.8 Å². The first-order chi connectivity index (χ1) is 9.93. The Kier molecular flexibility index (Phi) is 6.97. The molecule has 0 spiro atoms. The zero-order valence-corrected chi connectivity index (χ0v) is 12.8. The van der Waals surface area contributed by atoms with Gasteiger partial charge in [-0.2, -0.15) is 0 Å². The van der Waals surface area contributed by atoms with Crippen molar-refractivity contribution in [2.24, 2.45) is 0 Å². The molecule has 0 bridgehead atoms. The first kappa shape index (κ1) is 17.3. The molecule has 0 heterocycles. The van der Waals surface area contributed by atoms with Crippen LogP contribution in [0, 0.1) is 0 Å². The first-order valence-electron chi connectivity index (χ1n) is 6.65. The molecule has 0 atom stereocenters. The number of nitrogens with one attached hydrogen (secondary N) is 2. The van der Waals surface area contributed by atoms with E-state index in [9.17, 15) is 13.2 Å². The van der Waals surface area contributed by atoms with E-state index in [0.29, 0.717) is 18.0 Å². The van der Waals surface area contributed by atoms with Crippen molar-refractivity contribution in [1.29, 1.82) is 0 Å². The van der Waals surface area contributed by atoms with E-state index in [0.717, 1.165) is 0 Å². The number of hydrogen-bond acceptors (Lipinski definition) is 5. The highest BCUT2D eigenvalue weighted by Gasteiger charge is 2.09. The van der Waals surface area contributed by atoms with Crippen LogP contribution in [0.4, 0.5) is 5.69 Å². The molecule has 8 heteroatoms. The molecule has 4 N–H and O–H groups in total. The molecule has 0 saturated carbocycles. The highest BCUT2D eigenvalue weighted by molar-refractivity contribution is 7.89. The molecule has 0 aliphatic carbocycles. The van der Waals surface area contributed by atoms with Crippen LogP contribution < -0.4 is 20.5 Å². The van der Waals surface area contributed by atoms with Gasteiger partial charge in [-0.15, -0.1) is 0 Å². The Labute approximate surface area is 124 Å². The second-order valence-electron chi connectivity index (χ2n) is 4.34. The maximum absolute atomic E-state index is 11.5. The van der Waals surface area contributed by atoms with Gasteiger partial charge in [-0.05, 0) is 12.1 Å². The fraction of sp³-hybridized carbons (Fsp3) is 0.462. The summed E-state index contributed by atoms with van der Waals surface area (Å²) < 4.78 is 30.4. The Hall–Kier alpha value is -1.80. The number of amides is 1. The molecule has 0 radical (unpaired) electrons. The van der Waals surface area contributed by atoms with Crippen LogP contribution in [0.1, 0.15) is 13.3 Å². The SMILES string of the molecule is CCNS(=O)(=O)CCNC(=O)CCOc1cccc(N)c1. The van der Waals surface area contributed by atoms with Crippen molar-refractivity contribution in [2.45, 2.75) is 13.3 Å². The van der Waals surface area contributed by atoms with Gasteiger partial charge >= 0.3 is 0 Å². The largest absolute Gasteiger partial charge is 0.493 e. The summed E-state index contributed by atoms with van der Waals surface area (Å²) in [6, 6.07) is 6.92. The normalized spacial score (nSPS) is 11.1. The average Bonchev–Trinajstić information content (AvgIpc) is 2.38. The first-order valence-corrected chi connectivity index (χ1v) is 8.30. The van der Waals surface area contributed by atoms with Gasteiger partial charge < -0.3 is 15.8 Å². The van der Waals surface area contributed by atoms with E-state index in [1.165, 1.54) is 0 Å². The Balaban J connectivity index is 2.20. The number of rotatable bonds is 9. The van der Waals surface area contributed by atoms with Crippen molar-refractivity contribution >= 4 is 21.6 Å². The van der Waals surface area contributed by atoms with Gasteiger partial charge in [-0.1, -0.05) is 13.0 Å². The van der Waals surface area contributed by atoms with E-state index in [-0.39, 0.29) is 31.2 Å². The summed E-state index contributed by atoms with van der Waals surface area (Å²) >= 11 is 0. The van der Waals surface area contributed by atoms with Gasteiger partial charge in [0.1, 0.15) is 5.75 Å². The van der Waals surface area contributed by atoms with E-state index in [4.69, 9.17) is 10.5 Å². The second-order valence-corrected chi connectivity index (χ2v) is 6.26. The summed E-state index contributed by atoms with van der Waals surface area (Å²) in [7, 11) is -3.31. The molecule has 1 amide bonds. The third-order valence-electron chi connectivity index (χ3n) is 2.51. The standard InChI is InChI=1S/C13H21N3O4S/c1-2-16-21(18,19)9-7-15-13(17)6-8-20-12-5-3-4-11(14)10-12/h3-5,10,16H,2,6-9,14H2,1H3,(H,15,17). The van der Waals surface area contributed by atoms with Crippen LogP contribution in [0.5, 0.6) is 5.75 Å². The van der Waals surface area contributed by atoms with Gasteiger partial charge in [0.05, 0.1) is 18.8 Å². The van der Waals surface area contributed by atoms with Crippen molar-refractivity contribution < 1.29 is 17.9 Å². The molecule has 1 aromatic rings. The summed E-state index contributed by atoms with van der Waals surface area (Å²) in [5.74, 6) is 0.200. The summed E-state index contributed by atoms with van der Waals surface area (Å²) in [5, 5.41) is 2.53. The number of carbonyl (C=O) groups is 1. The molecule has 118 valence electrons. The fourth-order valence-electron chi connectivity index (χ4n) is 1.57. The molecule has 21 heavy (non-hydrogen) atoms. The highest BCUT2D eigenvalue weighted by atomic mass is 32.2. The van der Waals surface area contributed by atoms with Gasteiger partial charge in [0.25, 0.3) is 0 Å². The van der Waals surface area contributed by atoms with Crippen LogP contribution in [0.3, 0.4) is 0 Å². The number of carbonyl (C=O) groups excluding carboxylic acids is 1. The minimum Gasteiger partial charge on any atom is -0.493 e. The van der Waals surface area contributed by atoms with E-state index in [2.05, 4.69) is 10.0 Å². The summed E-state index contributed by atoms with van der Waals surface area (Å²) in [6.45, 7) is 2.32. The van der Waals surface area contributed by atoms with Crippen LogP contribution >= 0.6 is 0 Å². The number of benzene rings is 1. The van der Waals surface area contributed by atoms with E-state index in [1.54, 1.807) is 31.2 Å². The lowest BCUT2D eigenvalue weighted by atomic mass is 10.3. The lowest BCUT2D eigenvalue weighted by Gasteiger charge is -2.08. The summed E-state index contributed by atoms with van der Waals surface area (Å²) in [6.07, 6.45) is 0.149. The lowest BCUT2D eigenvalue weighted by molar-refractivity contribution is -0.121. The fourth-order valence-corrected chi connectivity index (χ4v) is 2.53. The summed E-state index contributed by atoms with van der Waals surface area (Å²) in [4.78, 5) is 11.5. The molecule has 0 unspecified atom stereocenters. The molecular formula is C13H21N3O4S. The van der Waals surface area contributed by atoms with Gasteiger partial charge in [-0.3, -0.25) is 4.79 Å². The number of nitrogens with two attached hydrogens (primary N) is 1. The predicted molar refractivity (Wildman–Crippen MR) is 81.4 cm³/mol. The monoisotopic (exact) mass is 315 g/mol. The third kappa shape index (κ3) is 7.52. The zero-order valence-electron chi connectivity index (χ0n) is 12.0. The van der Waals surface area contributed by atoms with Crippen molar-refractivity contribution in [3.05, 3.63) is 24.3 Å². The molecule has 0 fully saturated rings. The van der Waals surface area contributed by atoms with Crippen molar-refractivity contribution in [3.63, 3.8) is 0 Å². The predicted octanol–water partition coefficient (Wildman–Crippen LogP) is 0.0932. The van der Waals surface area contributed by atoms with Crippen molar-refractivity contribution in [3.8, 4) is 5.75 Å². The van der Waals surface area contributed by atoms with Gasteiger partial charge in [-0.25, -0.2) is 13.1 Å². The minimum atomic E-state index is -3.31. The topological polar surface area (TPSA) is 111 Å². The van der Waals surface area contributed by atoms with Crippen LogP contribution in [0.15, 0.2) is 24.3 Å². The highest BCUT2D eigenvalue weighted by Crippen LogP contribution is 2.14. The lowest BCUT2D eigenvalue weighted by Crippen LogP contribution is -2.34. The van der Waals surface area contributed by atoms with E-state index < -0.39 is 10.0 Å².